The van der Waals surface area contributed by atoms with Crippen molar-refractivity contribution >= 4 is 18.6 Å². The molecule has 0 amide bonds. The van der Waals surface area contributed by atoms with Crippen LogP contribution < -0.4 is 11.0 Å². The second-order valence-corrected chi connectivity index (χ2v) is 4.29. The van der Waals surface area contributed by atoms with Gasteiger partial charge in [0.1, 0.15) is 17.8 Å². The molecule has 15 heavy (non-hydrogen) atoms. The lowest BCUT2D eigenvalue weighted by Gasteiger charge is -2.02. The molecular weight excluding hydrogens is 223 g/mol. The summed E-state index contributed by atoms with van der Waals surface area (Å²) in [7, 11) is -4.51. The highest BCUT2D eigenvalue weighted by atomic mass is 31.2. The number of furan rings is 1. The van der Waals surface area contributed by atoms with Gasteiger partial charge >= 0.3 is 7.60 Å². The van der Waals surface area contributed by atoms with Crippen molar-refractivity contribution in [1.82, 2.24) is 4.98 Å². The van der Waals surface area contributed by atoms with E-state index in [0.29, 0.717) is 0 Å². The zero-order valence-electron chi connectivity index (χ0n) is 7.32. The molecule has 0 atom stereocenters. The summed E-state index contributed by atoms with van der Waals surface area (Å²) in [4.78, 5) is 21.8. The molecule has 0 radical (unpaired) electrons. The Balaban J connectivity index is 2.65. The lowest BCUT2D eigenvalue weighted by Crippen LogP contribution is -2.09. The number of rotatable bonds is 2. The summed E-state index contributed by atoms with van der Waals surface area (Å²) in [5.41, 5.74) is 5.25. The molecule has 4 N–H and O–H groups in total. The van der Waals surface area contributed by atoms with Crippen molar-refractivity contribution < 1.29 is 23.2 Å². The van der Waals surface area contributed by atoms with Gasteiger partial charge in [0, 0.05) is 0 Å². The maximum absolute atomic E-state index is 11.1. The van der Waals surface area contributed by atoms with E-state index in [9.17, 15) is 4.57 Å². The van der Waals surface area contributed by atoms with Crippen molar-refractivity contribution in [3.63, 3.8) is 0 Å². The number of oxazole rings is 1. The molecule has 2 aromatic rings. The Morgan fingerprint density at radius 3 is 2.67 bits per heavy atom. The quantitative estimate of drug-likeness (QED) is 0.634. The van der Waals surface area contributed by atoms with Crippen LogP contribution in [0.3, 0.4) is 0 Å². The van der Waals surface area contributed by atoms with Gasteiger partial charge < -0.3 is 24.4 Å². The smallest absolute Gasteiger partial charge is 0.362 e. The first-order valence-corrected chi connectivity index (χ1v) is 5.44. The first kappa shape index (κ1) is 9.97. The van der Waals surface area contributed by atoms with Gasteiger partial charge in [-0.15, -0.1) is 0 Å². The molecule has 0 saturated heterocycles. The lowest BCUT2D eigenvalue weighted by atomic mass is 10.4. The Hall–Kier alpha value is -1.56. The average molecular weight is 230 g/mol. The second-order valence-electron chi connectivity index (χ2n) is 2.75. The fraction of sp³-hybridized carbons (Fsp3) is 0. The summed E-state index contributed by atoms with van der Waals surface area (Å²) in [5, 5.41) is -0.398. The van der Waals surface area contributed by atoms with E-state index in [1.54, 1.807) is 0 Å². The van der Waals surface area contributed by atoms with Crippen LogP contribution >= 0.6 is 7.60 Å². The highest BCUT2D eigenvalue weighted by Crippen LogP contribution is 2.40. The molecule has 0 fully saturated rings. The van der Waals surface area contributed by atoms with Crippen LogP contribution in [0.5, 0.6) is 0 Å². The van der Waals surface area contributed by atoms with Gasteiger partial charge in [0.2, 0.25) is 5.76 Å². The van der Waals surface area contributed by atoms with Gasteiger partial charge in [0.15, 0.2) is 0 Å². The molecule has 0 aliphatic rings. The number of nitrogens with zero attached hydrogens (tertiary/aromatic N) is 1. The maximum Gasteiger partial charge on any atom is 0.362 e. The van der Waals surface area contributed by atoms with Gasteiger partial charge in [-0.3, -0.25) is 4.57 Å². The third kappa shape index (κ3) is 1.68. The van der Waals surface area contributed by atoms with E-state index in [1.165, 1.54) is 12.5 Å². The molecule has 0 aliphatic carbocycles. The maximum atomic E-state index is 11.1. The van der Waals surface area contributed by atoms with Gasteiger partial charge in [-0.05, 0) is 0 Å². The van der Waals surface area contributed by atoms with Crippen LogP contribution in [0, 0.1) is 0 Å². The number of aromatic nitrogens is 1. The molecule has 0 aliphatic heterocycles. The minimum absolute atomic E-state index is 0.0231. The molecule has 8 heteroatoms. The number of anilines is 1. The van der Waals surface area contributed by atoms with Crippen molar-refractivity contribution in [3.8, 4) is 11.7 Å². The Labute approximate surface area is 83.7 Å². The summed E-state index contributed by atoms with van der Waals surface area (Å²) in [6.45, 7) is 0. The van der Waals surface area contributed by atoms with Crippen molar-refractivity contribution in [2.24, 2.45) is 0 Å². The molecule has 2 rings (SSSR count). The van der Waals surface area contributed by atoms with Crippen LogP contribution in [0.1, 0.15) is 0 Å². The normalized spacial score (nSPS) is 11.9. The number of nitrogens with two attached hydrogens (primary N) is 1. The fourth-order valence-electron chi connectivity index (χ4n) is 1.15. The van der Waals surface area contributed by atoms with Crippen LogP contribution in [0.25, 0.3) is 11.7 Å². The topological polar surface area (TPSA) is 123 Å². The SMILES string of the molecule is Nc1coc(-c2ncco2)c1P(=O)(O)O. The minimum Gasteiger partial charge on any atom is -0.456 e. The van der Waals surface area contributed by atoms with Crippen molar-refractivity contribution in [3.05, 3.63) is 18.7 Å². The molecule has 2 aromatic heterocycles. The Morgan fingerprint density at radius 1 is 1.40 bits per heavy atom. The molecule has 0 unspecified atom stereocenters. The predicted octanol–water partition coefficient (Wildman–Crippen LogP) is 0.320. The van der Waals surface area contributed by atoms with Crippen LogP contribution in [0.15, 0.2) is 27.6 Å². The molecule has 0 spiro atoms. The Kier molecular flexibility index (Phi) is 2.15. The Morgan fingerprint density at radius 2 is 2.13 bits per heavy atom. The van der Waals surface area contributed by atoms with E-state index >= 15 is 0 Å². The Bertz CT molecular complexity index is 511. The molecule has 2 heterocycles. The number of nitrogen functional groups attached to an aromatic ring is 1. The number of hydrogen-bond acceptors (Lipinski definition) is 5. The van der Waals surface area contributed by atoms with Crippen molar-refractivity contribution in [2.75, 3.05) is 5.73 Å². The molecule has 7 nitrogen and oxygen atoms in total. The van der Waals surface area contributed by atoms with Crippen molar-refractivity contribution in [1.29, 1.82) is 0 Å². The first-order chi connectivity index (χ1) is 7.00. The summed E-state index contributed by atoms with van der Waals surface area (Å²) in [6.07, 6.45) is 3.63. The van der Waals surface area contributed by atoms with Crippen LogP contribution in [-0.2, 0) is 4.57 Å². The van der Waals surface area contributed by atoms with Crippen LogP contribution in [-0.4, -0.2) is 14.8 Å². The lowest BCUT2D eigenvalue weighted by molar-refractivity contribution is 0.387. The first-order valence-electron chi connectivity index (χ1n) is 3.83. The minimum atomic E-state index is -4.51. The predicted molar refractivity (Wildman–Crippen MR) is 50.3 cm³/mol. The van der Waals surface area contributed by atoms with E-state index < -0.39 is 12.9 Å². The van der Waals surface area contributed by atoms with E-state index in [0.717, 1.165) is 6.26 Å². The largest absolute Gasteiger partial charge is 0.456 e. The zero-order valence-corrected chi connectivity index (χ0v) is 8.22. The standard InChI is InChI=1S/C7H7N2O5P/c8-4-3-14-5(6(4)15(10,11)12)7-9-1-2-13-7/h1-3H,8H2,(H2,10,11,12). The molecular formula is C7H7N2O5P. The zero-order chi connectivity index (χ0) is 11.1. The third-order valence-electron chi connectivity index (χ3n) is 1.71. The van der Waals surface area contributed by atoms with Gasteiger partial charge in [-0.1, -0.05) is 0 Å². The van der Waals surface area contributed by atoms with Gasteiger partial charge in [0.05, 0.1) is 11.9 Å². The third-order valence-corrected chi connectivity index (χ3v) is 2.75. The van der Waals surface area contributed by atoms with Crippen LogP contribution in [0.2, 0.25) is 0 Å². The molecule has 0 bridgehead atoms. The van der Waals surface area contributed by atoms with E-state index in [2.05, 4.69) is 4.98 Å². The van der Waals surface area contributed by atoms with Gasteiger partial charge in [0.25, 0.3) is 5.89 Å². The summed E-state index contributed by atoms with van der Waals surface area (Å²) < 4.78 is 20.9. The second kappa shape index (κ2) is 3.23. The molecule has 80 valence electrons. The van der Waals surface area contributed by atoms with E-state index in [-0.39, 0.29) is 17.3 Å². The highest BCUT2D eigenvalue weighted by molar-refractivity contribution is 7.61. The summed E-state index contributed by atoms with van der Waals surface area (Å²) in [5.74, 6) is -0.171. The molecule has 0 saturated carbocycles. The van der Waals surface area contributed by atoms with E-state index in [1.807, 2.05) is 0 Å². The van der Waals surface area contributed by atoms with Gasteiger partial charge in [-0.25, -0.2) is 4.98 Å². The molecule has 0 aromatic carbocycles. The average Bonchev–Trinajstić information content (AvgIpc) is 2.68. The van der Waals surface area contributed by atoms with E-state index in [4.69, 9.17) is 24.4 Å². The summed E-state index contributed by atoms with van der Waals surface area (Å²) in [6, 6.07) is 0. The number of hydrogen-bond donors (Lipinski definition) is 3. The summed E-state index contributed by atoms with van der Waals surface area (Å²) >= 11 is 0. The van der Waals surface area contributed by atoms with Crippen LogP contribution in [0.4, 0.5) is 5.69 Å². The monoisotopic (exact) mass is 230 g/mol. The van der Waals surface area contributed by atoms with Crippen molar-refractivity contribution in [2.45, 2.75) is 0 Å². The fourth-order valence-corrected chi connectivity index (χ4v) is 1.95. The highest BCUT2D eigenvalue weighted by Gasteiger charge is 2.30. The van der Waals surface area contributed by atoms with Gasteiger partial charge in [-0.2, -0.15) is 0 Å².